The van der Waals surface area contributed by atoms with E-state index in [-0.39, 0.29) is 5.92 Å². The number of hydrogen-bond acceptors (Lipinski definition) is 5. The Hall–Kier alpha value is -0.370. The summed E-state index contributed by atoms with van der Waals surface area (Å²) in [4.78, 5) is 28.9. The van der Waals surface area contributed by atoms with Crippen LogP contribution in [0.3, 0.4) is 0 Å². The molecule has 9 heteroatoms. The first kappa shape index (κ1) is 18.7. The fraction of sp³-hybridized carbons (Fsp3) is 0.917. The van der Waals surface area contributed by atoms with Crippen molar-refractivity contribution >= 4 is 13.6 Å². The van der Waals surface area contributed by atoms with Gasteiger partial charge in [-0.2, -0.15) is 0 Å². The lowest BCUT2D eigenvalue weighted by molar-refractivity contribution is -0.272. The van der Waals surface area contributed by atoms with Gasteiger partial charge in [0.05, 0.1) is 0 Å². The van der Waals surface area contributed by atoms with Crippen molar-refractivity contribution in [3.8, 4) is 0 Å². The number of rotatable bonds is 8. The Labute approximate surface area is 123 Å². The molecule has 1 atom stereocenters. The molecule has 0 saturated heterocycles. The molecule has 1 aliphatic rings. The number of Topliss-reactive ketones (excluding diaryl/α,β-unsaturated/α-hetero) is 1. The van der Waals surface area contributed by atoms with Gasteiger partial charge in [-0.15, -0.1) is 0 Å². The quantitative estimate of drug-likeness (QED) is 0.515. The number of ether oxygens (including phenoxy) is 2. The van der Waals surface area contributed by atoms with Crippen molar-refractivity contribution in [2.75, 3.05) is 20.8 Å². The molecule has 1 aliphatic carbocycles. The molecule has 2 N–H and O–H groups in total. The fourth-order valence-electron chi connectivity index (χ4n) is 2.78. The number of phosphoric acid groups is 1. The number of ketones is 1. The second-order valence-corrected chi connectivity index (χ2v) is 6.30. The van der Waals surface area contributed by atoms with Crippen molar-refractivity contribution in [2.24, 2.45) is 5.92 Å². The number of alkyl halides is 1. The summed E-state index contributed by atoms with van der Waals surface area (Å²) in [5.74, 6) is -3.15. The van der Waals surface area contributed by atoms with Gasteiger partial charge in [-0.05, 0) is 12.8 Å². The summed E-state index contributed by atoms with van der Waals surface area (Å²) >= 11 is 0. The maximum Gasteiger partial charge on any atom is 0.470 e. The van der Waals surface area contributed by atoms with Crippen LogP contribution >= 0.6 is 7.82 Å². The Morgan fingerprint density at radius 3 is 2.24 bits per heavy atom. The smallest absolute Gasteiger partial charge is 0.350 e. The van der Waals surface area contributed by atoms with Gasteiger partial charge in [0, 0.05) is 20.1 Å². The van der Waals surface area contributed by atoms with Gasteiger partial charge in [-0.3, -0.25) is 9.32 Å². The summed E-state index contributed by atoms with van der Waals surface area (Å²) in [7, 11) is -2.33. The molecular formula is C12H22FO7P. The third kappa shape index (κ3) is 4.81. The third-order valence-electron chi connectivity index (χ3n) is 3.82. The topological polar surface area (TPSA) is 102 Å². The number of hydrogen-bond donors (Lipinski definition) is 2. The molecule has 0 aromatic heterocycles. The maximum absolute atomic E-state index is 14.5. The SMILES string of the molecule is COC(OC)(C1CCCCC1)C(F)C(=O)COP(=O)(O)O. The monoisotopic (exact) mass is 328 g/mol. The first-order valence-corrected chi connectivity index (χ1v) is 8.27. The average molecular weight is 328 g/mol. The molecular weight excluding hydrogens is 306 g/mol. The molecule has 1 saturated carbocycles. The number of phosphoric ester groups is 1. The highest BCUT2D eigenvalue weighted by atomic mass is 31.2. The number of halogens is 1. The van der Waals surface area contributed by atoms with Crippen LogP contribution in [0.1, 0.15) is 32.1 Å². The summed E-state index contributed by atoms with van der Waals surface area (Å²) in [6.07, 6.45) is 1.95. The van der Waals surface area contributed by atoms with Crippen LogP contribution in [-0.2, 0) is 23.4 Å². The zero-order valence-corrected chi connectivity index (χ0v) is 13.1. The van der Waals surface area contributed by atoms with Gasteiger partial charge in [0.1, 0.15) is 6.61 Å². The lowest BCUT2D eigenvalue weighted by Crippen LogP contribution is -2.54. The van der Waals surface area contributed by atoms with Gasteiger partial charge in [0.25, 0.3) is 0 Å². The van der Waals surface area contributed by atoms with Crippen LogP contribution in [0.25, 0.3) is 0 Å². The molecule has 7 nitrogen and oxygen atoms in total. The molecule has 1 fully saturated rings. The molecule has 1 rings (SSSR count). The number of carbonyl (C=O) groups excluding carboxylic acids is 1. The molecule has 1 unspecified atom stereocenters. The lowest BCUT2D eigenvalue weighted by atomic mass is 9.80. The Kier molecular flexibility index (Phi) is 6.90. The van der Waals surface area contributed by atoms with Gasteiger partial charge in [-0.25, -0.2) is 8.96 Å². The van der Waals surface area contributed by atoms with E-state index in [2.05, 4.69) is 4.52 Å². The van der Waals surface area contributed by atoms with Gasteiger partial charge in [-0.1, -0.05) is 19.3 Å². The first-order chi connectivity index (χ1) is 9.77. The fourth-order valence-corrected chi connectivity index (χ4v) is 3.08. The summed E-state index contributed by atoms with van der Waals surface area (Å²) in [6, 6.07) is 0. The first-order valence-electron chi connectivity index (χ1n) is 6.74. The Morgan fingerprint density at radius 1 is 1.29 bits per heavy atom. The predicted octanol–water partition coefficient (Wildman–Crippen LogP) is 1.57. The minimum Gasteiger partial charge on any atom is -0.350 e. The van der Waals surface area contributed by atoms with E-state index >= 15 is 0 Å². The Balaban J connectivity index is 2.82. The van der Waals surface area contributed by atoms with Crippen molar-refractivity contribution in [3.63, 3.8) is 0 Å². The Bertz CT molecular complexity index is 387. The van der Waals surface area contributed by atoms with E-state index in [9.17, 15) is 13.8 Å². The Morgan fingerprint density at radius 2 is 1.81 bits per heavy atom. The average Bonchev–Trinajstić information content (AvgIpc) is 2.47. The van der Waals surface area contributed by atoms with Crippen LogP contribution in [0.15, 0.2) is 0 Å². The van der Waals surface area contributed by atoms with Crippen LogP contribution in [0.5, 0.6) is 0 Å². The van der Waals surface area contributed by atoms with Gasteiger partial charge in [0.15, 0.2) is 5.78 Å². The van der Waals surface area contributed by atoms with Gasteiger partial charge < -0.3 is 19.3 Å². The van der Waals surface area contributed by atoms with Crippen molar-refractivity contribution in [1.29, 1.82) is 0 Å². The predicted molar refractivity (Wildman–Crippen MR) is 71.2 cm³/mol. The summed E-state index contributed by atoms with van der Waals surface area (Å²) in [5, 5.41) is 0. The zero-order valence-electron chi connectivity index (χ0n) is 12.2. The lowest BCUT2D eigenvalue weighted by Gasteiger charge is -2.41. The normalized spacial score (nSPS) is 19.5. The van der Waals surface area contributed by atoms with Gasteiger partial charge in [0.2, 0.25) is 12.0 Å². The molecule has 0 aromatic carbocycles. The molecule has 0 aliphatic heterocycles. The summed E-state index contributed by atoms with van der Waals surface area (Å²) < 4.78 is 39.5. The van der Waals surface area contributed by atoms with Crippen LogP contribution < -0.4 is 0 Å². The minimum absolute atomic E-state index is 0.296. The highest BCUT2D eigenvalue weighted by Gasteiger charge is 2.50. The number of carbonyl (C=O) groups is 1. The molecule has 0 spiro atoms. The summed E-state index contributed by atoms with van der Waals surface area (Å²) in [5.41, 5.74) is 0. The number of methoxy groups -OCH3 is 2. The maximum atomic E-state index is 14.5. The van der Waals surface area contributed by atoms with Crippen LogP contribution in [0.2, 0.25) is 0 Å². The molecule has 0 radical (unpaired) electrons. The molecule has 124 valence electrons. The van der Waals surface area contributed by atoms with Crippen LogP contribution in [0.4, 0.5) is 4.39 Å². The second kappa shape index (κ2) is 7.76. The van der Waals surface area contributed by atoms with Crippen molar-refractivity contribution < 1.29 is 37.5 Å². The standard InChI is InChI=1S/C12H22FO7P/c1-18-12(19-2,9-6-4-3-5-7-9)11(13)10(14)8-20-21(15,16)17/h9,11H,3-8H2,1-2H3,(H2,15,16,17). The van der Waals surface area contributed by atoms with E-state index in [0.717, 1.165) is 19.3 Å². The molecule has 0 heterocycles. The van der Waals surface area contributed by atoms with Gasteiger partial charge >= 0.3 is 7.82 Å². The minimum atomic E-state index is -4.83. The second-order valence-electron chi connectivity index (χ2n) is 5.06. The van der Waals surface area contributed by atoms with E-state index in [1.54, 1.807) is 0 Å². The van der Waals surface area contributed by atoms with E-state index in [1.807, 2.05) is 0 Å². The molecule has 21 heavy (non-hydrogen) atoms. The highest BCUT2D eigenvalue weighted by molar-refractivity contribution is 7.46. The third-order valence-corrected chi connectivity index (χ3v) is 4.29. The van der Waals surface area contributed by atoms with E-state index in [4.69, 9.17) is 19.3 Å². The summed E-state index contributed by atoms with van der Waals surface area (Å²) in [6.45, 7) is -1.04. The molecule has 0 aromatic rings. The van der Waals surface area contributed by atoms with Crippen molar-refractivity contribution in [2.45, 2.75) is 44.1 Å². The molecule has 0 amide bonds. The van der Waals surface area contributed by atoms with Crippen LogP contribution in [-0.4, -0.2) is 48.4 Å². The van der Waals surface area contributed by atoms with E-state index in [0.29, 0.717) is 12.8 Å². The van der Waals surface area contributed by atoms with Crippen molar-refractivity contribution in [1.82, 2.24) is 0 Å². The largest absolute Gasteiger partial charge is 0.470 e. The van der Waals surface area contributed by atoms with E-state index < -0.39 is 32.2 Å². The van der Waals surface area contributed by atoms with E-state index in [1.165, 1.54) is 14.2 Å². The zero-order chi connectivity index (χ0) is 16.1. The van der Waals surface area contributed by atoms with Crippen LogP contribution in [0, 0.1) is 5.92 Å². The van der Waals surface area contributed by atoms with Crippen molar-refractivity contribution in [3.05, 3.63) is 0 Å². The highest BCUT2D eigenvalue weighted by Crippen LogP contribution is 2.40. The molecule has 0 bridgehead atoms.